The number of nitrogens with zero attached hydrogens (tertiary/aromatic N) is 6. The minimum Gasteiger partial charge on any atom is -0.399 e. The highest BCUT2D eigenvalue weighted by Crippen LogP contribution is 2.59. The number of allylic oxidation sites excluding steroid dienone is 8. The van der Waals surface area contributed by atoms with Crippen molar-refractivity contribution in [1.29, 1.82) is 0 Å². The van der Waals surface area contributed by atoms with Crippen molar-refractivity contribution in [2.45, 2.75) is 179 Å². The van der Waals surface area contributed by atoms with Gasteiger partial charge in [-0.1, -0.05) is 194 Å². The van der Waals surface area contributed by atoms with Crippen molar-refractivity contribution in [1.82, 2.24) is 21.1 Å². The van der Waals surface area contributed by atoms with Crippen LogP contribution in [0.1, 0.15) is 223 Å². The number of hydrogen-bond acceptors (Lipinski definition) is 22. The maximum absolute atomic E-state index is 14.1. The Labute approximate surface area is 838 Å². The molecular weight excluding hydrogens is 1920 g/mol. The number of benzene rings is 8. The number of carbonyl (C=O) groups excluding carboxylic acids is 9. The Bertz CT molecular complexity index is 7810. The first-order valence-corrected chi connectivity index (χ1v) is 55.1. The number of nitro groups is 1. The molecule has 0 radical (unpaired) electrons. The van der Waals surface area contributed by atoms with Gasteiger partial charge in [-0.25, -0.2) is 37.2 Å². The molecular formula is C113H103N9O19S4. The molecule has 738 valence electrons. The number of nitro benzene ring substituents is 1. The van der Waals surface area contributed by atoms with Crippen molar-refractivity contribution in [2.75, 3.05) is 16.8 Å². The van der Waals surface area contributed by atoms with Crippen LogP contribution in [-0.2, 0) is 64.1 Å². The summed E-state index contributed by atoms with van der Waals surface area (Å²) < 4.78 is 116. The number of rotatable bonds is 14. The van der Waals surface area contributed by atoms with E-state index in [-0.39, 0.29) is 94.5 Å². The van der Waals surface area contributed by atoms with E-state index < -0.39 is 127 Å². The topological polar surface area (TPSA) is 430 Å². The zero-order valence-corrected chi connectivity index (χ0v) is 82.4. The predicted octanol–water partition coefficient (Wildman–Crippen LogP) is 19.9. The molecule has 0 spiro atoms. The van der Waals surface area contributed by atoms with E-state index in [1.807, 2.05) is 72.8 Å². The lowest BCUT2D eigenvalue weighted by atomic mass is 9.61. The summed E-state index contributed by atoms with van der Waals surface area (Å²) in [5.74, 6) is -8.18. The average molecular weight is 2020 g/mol. The van der Waals surface area contributed by atoms with E-state index in [1.54, 1.807) is 60.7 Å². The number of fused-ring (bicyclic) bond motifs is 20. The number of ketones is 8. The molecule has 12 unspecified atom stereocenters. The first-order valence-electron chi connectivity index (χ1n) is 49.4. The van der Waals surface area contributed by atoms with E-state index in [9.17, 15) is 86.9 Å². The Morgan fingerprint density at radius 3 is 0.924 bits per heavy atom. The highest BCUT2D eigenvalue weighted by Gasteiger charge is 2.57. The smallest absolute Gasteiger partial charge is 0.283 e. The molecule has 12 aliphatic rings. The molecule has 12 aromatic rings. The van der Waals surface area contributed by atoms with Gasteiger partial charge >= 0.3 is 0 Å². The number of nitrogens with one attached hydrogen (secondary N) is 1. The molecule has 4 saturated carbocycles. The maximum Gasteiger partial charge on any atom is 0.283 e. The molecule has 24 rings (SSSR count). The van der Waals surface area contributed by atoms with Crippen LogP contribution in [0, 0.1) is 57.5 Å². The van der Waals surface area contributed by atoms with Gasteiger partial charge in [-0.3, -0.25) is 53.3 Å². The standard InChI is InChI=1S/C30H28N2O5S.C28H24N2O6S.C28H26N2O4S.C27H25N3O4S/c1-18(33)31-21-12-14-22(15-13-21)38(36,37)32-17-25(19-7-3-2-4-8-19)27-28(32)24-16-11-20-9-5-6-10-23(20)26(24)29(34)30(27)35;31-27-24-21-9-5-4-8-18(21)10-15-22(24)26-25(28(27)32)23(17-6-2-1-3-7-17)16-29(26)37(35,36)20-13-11-19(12-14-20)30(33)34;29-19-11-13-20(14-12-19)35(33,34)30-16-23(17-6-2-1-3-7-17)25-26(30)22-15-10-18-8-4-5-9-21(18)24(22)27(31)28(25)32;28-18-11-13-19(14-12-18)35(33,34)30-25-21-15-10-16-6-4-5-9-20(16)22(21)26(31)27(32)23(25)24(29-30)17-7-2-1-3-8-17/h2-4,7-8,11-15,17,23-24,26H,5-6,9-10,16H2,1H3,(H,31,33);1-3,6-7,10-14,16,21-22,24H,4-5,8-9,15H2;1-3,6-7,10-14,16,21-22,24H,4-5,8-9,15,29H2;1-3,7-8,10-14,20-22H,4-6,9,15,28H2. The second-order valence-corrected chi connectivity index (χ2v) is 46.8. The summed E-state index contributed by atoms with van der Waals surface area (Å²) in [5, 5.41) is 18.3. The van der Waals surface area contributed by atoms with E-state index in [1.165, 1.54) is 129 Å². The summed E-state index contributed by atoms with van der Waals surface area (Å²) in [4.78, 5) is 131. The summed E-state index contributed by atoms with van der Waals surface area (Å²) in [6, 6.07) is 58.9. The minimum absolute atomic E-state index is 0.00912. The van der Waals surface area contributed by atoms with Gasteiger partial charge in [-0.2, -0.15) is 17.6 Å². The van der Waals surface area contributed by atoms with Crippen LogP contribution in [0.25, 0.3) is 44.6 Å². The van der Waals surface area contributed by atoms with Crippen molar-refractivity contribution in [3.05, 3.63) is 339 Å². The van der Waals surface area contributed by atoms with Gasteiger partial charge in [-0.15, -0.1) is 0 Å². The summed E-state index contributed by atoms with van der Waals surface area (Å²) in [6.45, 7) is 1.38. The third kappa shape index (κ3) is 16.8. The third-order valence-corrected chi connectivity index (χ3v) is 38.3. The Kier molecular flexibility index (Phi) is 25.4. The molecule has 4 aromatic heterocycles. The molecule has 1 amide bonds. The van der Waals surface area contributed by atoms with Crippen LogP contribution in [0.15, 0.2) is 303 Å². The van der Waals surface area contributed by atoms with Crippen LogP contribution < -0.4 is 16.8 Å². The number of Topliss-reactive ketones (excluding diaryl/α,β-unsaturated/α-hetero) is 8. The van der Waals surface area contributed by atoms with Crippen molar-refractivity contribution < 1.29 is 81.7 Å². The fraction of sp³-hybridized carbons (Fsp3) is 0.292. The fourth-order valence-corrected chi connectivity index (χ4v) is 30.8. The van der Waals surface area contributed by atoms with Crippen LogP contribution in [0.5, 0.6) is 0 Å². The van der Waals surface area contributed by atoms with Crippen molar-refractivity contribution >= 4 is 115 Å². The van der Waals surface area contributed by atoms with Gasteiger partial charge in [0.05, 0.1) is 69.5 Å². The first kappa shape index (κ1) is 96.5. The quantitative estimate of drug-likeness (QED) is 0.0299. The van der Waals surface area contributed by atoms with Crippen LogP contribution in [0.3, 0.4) is 0 Å². The molecule has 0 saturated heterocycles. The second-order valence-electron chi connectivity index (χ2n) is 39.6. The second kappa shape index (κ2) is 38.2. The van der Waals surface area contributed by atoms with Gasteiger partial charge in [0.2, 0.25) is 52.2 Å². The van der Waals surface area contributed by atoms with Crippen LogP contribution in [0.2, 0.25) is 0 Å². The largest absolute Gasteiger partial charge is 0.399 e. The molecule has 12 atom stereocenters. The summed E-state index contributed by atoms with van der Waals surface area (Å²) >= 11 is 0. The molecule has 12 aliphatic carbocycles. The van der Waals surface area contributed by atoms with Crippen molar-refractivity contribution in [2.24, 2.45) is 47.3 Å². The molecule has 0 aliphatic heterocycles. The van der Waals surface area contributed by atoms with Crippen molar-refractivity contribution in [3.8, 4) is 44.6 Å². The Balaban J connectivity index is 0.000000114. The lowest BCUT2D eigenvalue weighted by Crippen LogP contribution is -2.43. The molecule has 4 fully saturated rings. The number of carbonyl (C=O) groups is 9. The van der Waals surface area contributed by atoms with Gasteiger partial charge in [0, 0.05) is 124 Å². The van der Waals surface area contributed by atoms with Gasteiger partial charge in [0.25, 0.3) is 45.8 Å². The van der Waals surface area contributed by atoms with Crippen LogP contribution >= 0.6 is 0 Å². The SMILES string of the molecule is CC(=O)Nc1ccc(S(=O)(=O)n2cc(-c3ccccc3)c3c2C2CC=C4CCCCC4C2C(=O)C3=O)cc1.Nc1ccc(S(=O)(=O)n2cc(-c3ccccc3)c3c2C2CC=C4CCCCC4C2C(=O)C3=O)cc1.Nc1ccc(S(=O)(=O)n2nc(-c3ccccc3)c3c2C2CC=C4CCCCC4C2C(=O)C3=O)cc1.O=C1C(=O)C2C3CCCCC3=CCC2c2c1c(-c1ccccc1)cn2S(=O)(=O)c1ccc([N+](=O)[O-])cc1. The average Bonchev–Trinajstić information content (AvgIpc) is 1.69. The number of anilines is 3. The van der Waals surface area contributed by atoms with Crippen LogP contribution in [-0.4, -0.2) is 112 Å². The Hall–Kier alpha value is -14.6. The van der Waals surface area contributed by atoms with E-state index in [0.717, 1.165) is 123 Å². The summed E-state index contributed by atoms with van der Waals surface area (Å²) in [6.07, 6.45) is 30.5. The number of nitrogen functional groups attached to an aromatic ring is 2. The molecule has 4 heterocycles. The van der Waals surface area contributed by atoms with E-state index in [0.29, 0.717) is 104 Å². The summed E-state index contributed by atoms with van der Waals surface area (Å²) in [5.41, 5.74) is 24.1. The van der Waals surface area contributed by atoms with Crippen LogP contribution in [0.4, 0.5) is 22.7 Å². The fourth-order valence-electron chi connectivity index (χ4n) is 25.1. The van der Waals surface area contributed by atoms with Gasteiger partial charge in [0.1, 0.15) is 5.69 Å². The zero-order chi connectivity index (χ0) is 101. The highest BCUT2D eigenvalue weighted by atomic mass is 32.2. The lowest BCUT2D eigenvalue weighted by molar-refractivity contribution is -0.384. The highest BCUT2D eigenvalue weighted by molar-refractivity contribution is 7.91. The Morgan fingerprint density at radius 2 is 0.621 bits per heavy atom. The molecule has 28 nitrogen and oxygen atoms in total. The number of nitrogens with two attached hydrogens (primary N) is 2. The first-order chi connectivity index (χ1) is 69.8. The Morgan fingerprint density at radius 1 is 0.345 bits per heavy atom. The van der Waals surface area contributed by atoms with Gasteiger partial charge in [0.15, 0.2) is 0 Å². The number of aromatic nitrogens is 5. The van der Waals surface area contributed by atoms with E-state index >= 15 is 0 Å². The number of hydrogen-bond donors (Lipinski definition) is 3. The predicted molar refractivity (Wildman–Crippen MR) is 544 cm³/mol. The van der Waals surface area contributed by atoms with E-state index in [4.69, 9.17) is 11.5 Å². The molecule has 5 N–H and O–H groups in total. The molecule has 145 heavy (non-hydrogen) atoms. The third-order valence-electron chi connectivity index (χ3n) is 31.6. The van der Waals surface area contributed by atoms with Gasteiger partial charge < -0.3 is 16.8 Å². The number of amides is 1. The summed E-state index contributed by atoms with van der Waals surface area (Å²) in [7, 11) is -16.5. The lowest BCUT2D eigenvalue weighted by Gasteiger charge is -2.42. The van der Waals surface area contributed by atoms with E-state index in [2.05, 4.69) is 34.7 Å². The zero-order valence-electron chi connectivity index (χ0n) is 79.1. The molecule has 32 heteroatoms. The molecule has 0 bridgehead atoms. The van der Waals surface area contributed by atoms with Gasteiger partial charge in [-0.05, 0) is 228 Å². The monoisotopic (exact) mass is 2020 g/mol. The maximum atomic E-state index is 14.1. The van der Waals surface area contributed by atoms with Crippen molar-refractivity contribution in [3.63, 3.8) is 0 Å². The normalized spacial score (nSPS) is 23.3. The molecule has 8 aromatic carbocycles. The number of non-ortho nitro benzene ring substituents is 1. The minimum atomic E-state index is -4.22.